The predicted octanol–water partition coefficient (Wildman–Crippen LogP) is 0.792. The molecule has 1 saturated carbocycles. The summed E-state index contributed by atoms with van der Waals surface area (Å²) in [6, 6.07) is 4.78. The van der Waals surface area contributed by atoms with Crippen LogP contribution >= 0.6 is 0 Å². The van der Waals surface area contributed by atoms with E-state index in [1.165, 1.54) is 12.1 Å². The molecule has 1 aliphatic carbocycles. The molecule has 1 aromatic rings. The highest BCUT2D eigenvalue weighted by Crippen LogP contribution is 2.38. The fraction of sp³-hybridized carbons (Fsp3) is 0.455. The molecular weight excluding hydrogens is 220 g/mol. The van der Waals surface area contributed by atoms with E-state index in [0.29, 0.717) is 12.8 Å². The highest BCUT2D eigenvalue weighted by atomic mass is 16.2. The molecule has 2 rings (SSSR count). The van der Waals surface area contributed by atoms with Gasteiger partial charge in [-0.15, -0.1) is 0 Å². The lowest BCUT2D eigenvalue weighted by Crippen LogP contribution is -2.33. The van der Waals surface area contributed by atoms with Gasteiger partial charge in [-0.3, -0.25) is 9.59 Å². The second-order valence-corrected chi connectivity index (χ2v) is 4.16. The fourth-order valence-corrected chi connectivity index (χ4v) is 2.02. The standard InChI is InChI=1S/C11H12N4O2/c12-7-11(5-1-2-6-11)10(17)13-8-3-4-9(16)15-14-8/h3-4H,1-2,5-6H2,(H,15,16)(H,13,14,17). The Balaban J connectivity index is 2.14. The van der Waals surface area contributed by atoms with Gasteiger partial charge in [0.1, 0.15) is 5.41 Å². The molecule has 0 aromatic carbocycles. The van der Waals surface area contributed by atoms with Crippen LogP contribution in [0.1, 0.15) is 25.7 Å². The van der Waals surface area contributed by atoms with Gasteiger partial charge in [0, 0.05) is 6.07 Å². The van der Waals surface area contributed by atoms with Crippen molar-refractivity contribution in [1.82, 2.24) is 10.2 Å². The van der Waals surface area contributed by atoms with Crippen molar-refractivity contribution in [3.63, 3.8) is 0 Å². The second-order valence-electron chi connectivity index (χ2n) is 4.16. The largest absolute Gasteiger partial charge is 0.308 e. The molecule has 0 spiro atoms. The maximum Gasteiger partial charge on any atom is 0.264 e. The van der Waals surface area contributed by atoms with Gasteiger partial charge in [0.25, 0.3) is 5.56 Å². The number of carbonyl (C=O) groups excluding carboxylic acids is 1. The monoisotopic (exact) mass is 232 g/mol. The van der Waals surface area contributed by atoms with Gasteiger partial charge in [0.2, 0.25) is 5.91 Å². The van der Waals surface area contributed by atoms with Crippen molar-refractivity contribution in [3.8, 4) is 6.07 Å². The lowest BCUT2D eigenvalue weighted by atomic mass is 9.87. The molecular formula is C11H12N4O2. The third-order valence-corrected chi connectivity index (χ3v) is 3.03. The SMILES string of the molecule is N#CC1(C(=O)Nc2ccc(=O)[nH]n2)CCCC1. The Bertz CT molecular complexity index is 503. The van der Waals surface area contributed by atoms with E-state index >= 15 is 0 Å². The summed E-state index contributed by atoms with van der Waals surface area (Å²) in [4.78, 5) is 22.8. The van der Waals surface area contributed by atoms with Crippen molar-refractivity contribution in [3.05, 3.63) is 22.5 Å². The van der Waals surface area contributed by atoms with Gasteiger partial charge in [-0.2, -0.15) is 10.4 Å². The quantitative estimate of drug-likeness (QED) is 0.787. The van der Waals surface area contributed by atoms with Crippen LogP contribution in [-0.2, 0) is 4.79 Å². The molecule has 0 bridgehead atoms. The fourth-order valence-electron chi connectivity index (χ4n) is 2.02. The highest BCUT2D eigenvalue weighted by Gasteiger charge is 2.41. The van der Waals surface area contributed by atoms with Crippen LogP contribution in [0.2, 0.25) is 0 Å². The third-order valence-electron chi connectivity index (χ3n) is 3.03. The average Bonchev–Trinajstić information content (AvgIpc) is 2.82. The van der Waals surface area contributed by atoms with Gasteiger partial charge in [-0.25, -0.2) is 5.10 Å². The maximum atomic E-state index is 12.0. The number of aromatic nitrogens is 2. The zero-order valence-electron chi connectivity index (χ0n) is 9.19. The number of H-pyrrole nitrogens is 1. The summed E-state index contributed by atoms with van der Waals surface area (Å²) in [7, 11) is 0. The number of hydrogen-bond donors (Lipinski definition) is 2. The van der Waals surface area contributed by atoms with Gasteiger partial charge in [0.15, 0.2) is 5.82 Å². The van der Waals surface area contributed by atoms with E-state index in [4.69, 9.17) is 5.26 Å². The Morgan fingerprint density at radius 3 is 2.71 bits per heavy atom. The number of nitrogens with zero attached hydrogens (tertiary/aromatic N) is 2. The predicted molar refractivity (Wildman–Crippen MR) is 60.0 cm³/mol. The molecule has 1 fully saturated rings. The van der Waals surface area contributed by atoms with Crippen LogP contribution < -0.4 is 10.9 Å². The molecule has 1 aromatic heterocycles. The normalized spacial score (nSPS) is 17.4. The minimum Gasteiger partial charge on any atom is -0.308 e. The number of rotatable bonds is 2. The molecule has 17 heavy (non-hydrogen) atoms. The summed E-state index contributed by atoms with van der Waals surface area (Å²) in [6.07, 6.45) is 2.94. The van der Waals surface area contributed by atoms with Gasteiger partial charge in [-0.1, -0.05) is 12.8 Å². The molecule has 1 heterocycles. The first-order valence-corrected chi connectivity index (χ1v) is 5.45. The molecule has 6 nitrogen and oxygen atoms in total. The molecule has 88 valence electrons. The van der Waals surface area contributed by atoms with Gasteiger partial charge in [-0.05, 0) is 18.9 Å². The number of carbonyl (C=O) groups is 1. The Hall–Kier alpha value is -2.16. The van der Waals surface area contributed by atoms with E-state index < -0.39 is 5.41 Å². The summed E-state index contributed by atoms with van der Waals surface area (Å²) in [5.41, 5.74) is -1.27. The third kappa shape index (κ3) is 2.18. The summed E-state index contributed by atoms with van der Waals surface area (Å²) < 4.78 is 0. The molecule has 1 amide bonds. The molecule has 0 saturated heterocycles. The van der Waals surface area contributed by atoms with Crippen LogP contribution in [0.3, 0.4) is 0 Å². The topological polar surface area (TPSA) is 98.6 Å². The van der Waals surface area contributed by atoms with Crippen LogP contribution in [0.15, 0.2) is 16.9 Å². The summed E-state index contributed by atoms with van der Waals surface area (Å²) in [5, 5.41) is 17.6. The number of amides is 1. The number of anilines is 1. The zero-order valence-corrected chi connectivity index (χ0v) is 9.19. The molecule has 1 aliphatic rings. The maximum absolute atomic E-state index is 12.0. The summed E-state index contributed by atoms with van der Waals surface area (Å²) in [6.45, 7) is 0. The molecule has 0 atom stereocenters. The Morgan fingerprint density at radius 1 is 1.47 bits per heavy atom. The van der Waals surface area contributed by atoms with Gasteiger partial charge >= 0.3 is 0 Å². The van der Waals surface area contributed by atoms with Crippen molar-refractivity contribution in [2.75, 3.05) is 5.32 Å². The van der Waals surface area contributed by atoms with E-state index in [1.54, 1.807) is 0 Å². The second kappa shape index (κ2) is 4.37. The zero-order chi connectivity index (χ0) is 12.3. The number of nitriles is 1. The van der Waals surface area contributed by atoms with E-state index in [-0.39, 0.29) is 17.3 Å². The van der Waals surface area contributed by atoms with E-state index in [0.717, 1.165) is 12.8 Å². The van der Waals surface area contributed by atoms with Crippen LogP contribution in [0.25, 0.3) is 0 Å². The van der Waals surface area contributed by atoms with Crippen LogP contribution in [0.5, 0.6) is 0 Å². The average molecular weight is 232 g/mol. The molecule has 2 N–H and O–H groups in total. The van der Waals surface area contributed by atoms with Crippen LogP contribution in [0.4, 0.5) is 5.82 Å². The minimum absolute atomic E-state index is 0.260. The van der Waals surface area contributed by atoms with Crippen molar-refractivity contribution in [2.24, 2.45) is 5.41 Å². The Kier molecular flexibility index (Phi) is 2.91. The Labute approximate surface area is 97.7 Å². The van der Waals surface area contributed by atoms with E-state index in [1.807, 2.05) is 0 Å². The summed E-state index contributed by atoms with van der Waals surface area (Å²) >= 11 is 0. The van der Waals surface area contributed by atoms with Crippen molar-refractivity contribution < 1.29 is 4.79 Å². The molecule has 6 heteroatoms. The first-order valence-electron chi connectivity index (χ1n) is 5.45. The molecule has 0 aliphatic heterocycles. The first kappa shape index (κ1) is 11.3. The summed E-state index contributed by atoms with van der Waals surface area (Å²) in [5.74, 6) is -0.0758. The lowest BCUT2D eigenvalue weighted by molar-refractivity contribution is -0.122. The molecule has 0 radical (unpaired) electrons. The highest BCUT2D eigenvalue weighted by molar-refractivity contribution is 5.96. The Morgan fingerprint density at radius 2 is 2.18 bits per heavy atom. The number of aromatic amines is 1. The van der Waals surface area contributed by atoms with Crippen molar-refractivity contribution >= 4 is 11.7 Å². The van der Waals surface area contributed by atoms with Gasteiger partial charge in [0.05, 0.1) is 6.07 Å². The smallest absolute Gasteiger partial charge is 0.264 e. The minimum atomic E-state index is -0.933. The van der Waals surface area contributed by atoms with Crippen molar-refractivity contribution in [2.45, 2.75) is 25.7 Å². The van der Waals surface area contributed by atoms with Gasteiger partial charge < -0.3 is 5.32 Å². The molecule has 0 unspecified atom stereocenters. The van der Waals surface area contributed by atoms with Crippen molar-refractivity contribution in [1.29, 1.82) is 5.26 Å². The van der Waals surface area contributed by atoms with Crippen LogP contribution in [-0.4, -0.2) is 16.1 Å². The van der Waals surface area contributed by atoms with E-state index in [9.17, 15) is 9.59 Å². The number of hydrogen-bond acceptors (Lipinski definition) is 4. The first-order chi connectivity index (χ1) is 8.16. The van der Waals surface area contributed by atoms with E-state index in [2.05, 4.69) is 21.6 Å². The van der Waals surface area contributed by atoms with Crippen LogP contribution in [0, 0.1) is 16.7 Å². The lowest BCUT2D eigenvalue weighted by Gasteiger charge is -2.18. The number of nitrogens with one attached hydrogen (secondary N) is 2.